The summed E-state index contributed by atoms with van der Waals surface area (Å²) >= 11 is 0. The Morgan fingerprint density at radius 1 is 0.982 bits per heavy atom. The van der Waals surface area contributed by atoms with Crippen molar-refractivity contribution in [1.82, 2.24) is 15.5 Å². The van der Waals surface area contributed by atoms with Gasteiger partial charge in [0, 0.05) is 18.0 Å². The summed E-state index contributed by atoms with van der Waals surface area (Å²) in [4.78, 5) is 66.3. The summed E-state index contributed by atoms with van der Waals surface area (Å²) in [7, 11) is -0.735. The van der Waals surface area contributed by atoms with Crippen LogP contribution in [0, 0.1) is 5.92 Å². The summed E-state index contributed by atoms with van der Waals surface area (Å²) < 4.78 is 22.1. The van der Waals surface area contributed by atoms with Crippen LogP contribution in [0.1, 0.15) is 70.8 Å². The number of carbonyl (C=O) groups excluding carboxylic acids is 5. The summed E-state index contributed by atoms with van der Waals surface area (Å²) in [6.45, 7) is 21.4. The van der Waals surface area contributed by atoms with Crippen molar-refractivity contribution in [2.75, 3.05) is 31.0 Å². The normalized spacial score (nSPS) is 15.2. The molecule has 16 heteroatoms. The Morgan fingerprint density at radius 2 is 1.64 bits per heavy atom. The molecule has 306 valence electrons. The monoisotopic (exact) mass is 795 g/mol. The molecule has 0 bridgehead atoms. The number of phenols is 1. The SMILES string of the molecule is C=CCOC(=O)N[C@H](C(=O)N[C@@H](C)C(=O)Nc1ccc(COC(=O)Nc2cc(O)c(OC)cc2C(=O)N2C=C(C)C[C@H]2CO[Si](C)(C)C(C)(C)C)cc1)C(C)C. The molecule has 3 rings (SSSR count). The topological polar surface area (TPSA) is 194 Å². The predicted octanol–water partition coefficient (Wildman–Crippen LogP) is 6.67. The highest BCUT2D eigenvalue weighted by molar-refractivity contribution is 6.74. The molecule has 0 radical (unpaired) electrons. The number of phenolic OH excluding ortho intramolecular Hbond substituents is 1. The van der Waals surface area contributed by atoms with Crippen LogP contribution < -0.4 is 26.0 Å². The van der Waals surface area contributed by atoms with E-state index in [-0.39, 0.29) is 53.0 Å². The summed E-state index contributed by atoms with van der Waals surface area (Å²) in [6, 6.07) is 6.97. The molecule has 0 saturated carbocycles. The van der Waals surface area contributed by atoms with E-state index in [0.717, 1.165) is 5.57 Å². The molecule has 0 saturated heterocycles. The largest absolute Gasteiger partial charge is 0.504 e. The third-order valence-electron chi connectivity index (χ3n) is 9.67. The van der Waals surface area contributed by atoms with Gasteiger partial charge < -0.3 is 44.6 Å². The van der Waals surface area contributed by atoms with Gasteiger partial charge in [0.05, 0.1) is 31.0 Å². The van der Waals surface area contributed by atoms with Crippen molar-refractivity contribution >= 4 is 49.6 Å². The first-order chi connectivity index (χ1) is 26.2. The van der Waals surface area contributed by atoms with Gasteiger partial charge in [-0.2, -0.15) is 0 Å². The molecule has 15 nitrogen and oxygen atoms in total. The van der Waals surface area contributed by atoms with Crippen molar-refractivity contribution in [3.05, 3.63) is 72.0 Å². The fourth-order valence-electron chi connectivity index (χ4n) is 5.34. The highest BCUT2D eigenvalue weighted by Crippen LogP contribution is 2.38. The first-order valence-corrected chi connectivity index (χ1v) is 21.3. The van der Waals surface area contributed by atoms with Gasteiger partial charge in [0.2, 0.25) is 11.8 Å². The lowest BCUT2D eigenvalue weighted by molar-refractivity contribution is -0.128. The van der Waals surface area contributed by atoms with E-state index in [4.69, 9.17) is 18.6 Å². The molecule has 1 aliphatic heterocycles. The Bertz CT molecular complexity index is 1790. The minimum Gasteiger partial charge on any atom is -0.504 e. The molecule has 2 aromatic rings. The number of benzene rings is 2. The van der Waals surface area contributed by atoms with E-state index in [1.807, 2.05) is 6.92 Å². The van der Waals surface area contributed by atoms with Crippen LogP contribution >= 0.6 is 0 Å². The van der Waals surface area contributed by atoms with Gasteiger partial charge in [-0.05, 0) is 68.1 Å². The number of ether oxygens (including phenoxy) is 3. The zero-order valence-corrected chi connectivity index (χ0v) is 35.0. The van der Waals surface area contributed by atoms with E-state index in [9.17, 15) is 29.1 Å². The number of rotatable bonds is 16. The number of methoxy groups -OCH3 is 1. The number of carbonyl (C=O) groups is 5. The van der Waals surface area contributed by atoms with E-state index >= 15 is 0 Å². The van der Waals surface area contributed by atoms with Gasteiger partial charge in [0.25, 0.3) is 5.91 Å². The molecule has 0 unspecified atom stereocenters. The third kappa shape index (κ3) is 12.3. The predicted molar refractivity (Wildman–Crippen MR) is 216 cm³/mol. The quantitative estimate of drug-likeness (QED) is 0.0905. The molecule has 56 heavy (non-hydrogen) atoms. The number of hydrogen-bond donors (Lipinski definition) is 5. The van der Waals surface area contributed by atoms with Gasteiger partial charge in [-0.25, -0.2) is 9.59 Å². The highest BCUT2D eigenvalue weighted by atomic mass is 28.4. The summed E-state index contributed by atoms with van der Waals surface area (Å²) in [5.41, 5.74) is 2.13. The van der Waals surface area contributed by atoms with E-state index in [2.05, 4.69) is 61.7 Å². The lowest BCUT2D eigenvalue weighted by Crippen LogP contribution is -2.53. The highest BCUT2D eigenvalue weighted by Gasteiger charge is 2.39. The van der Waals surface area contributed by atoms with Crippen molar-refractivity contribution in [3.63, 3.8) is 0 Å². The summed E-state index contributed by atoms with van der Waals surface area (Å²) in [6.07, 6.45) is 2.16. The van der Waals surface area contributed by atoms with Crippen LogP contribution in [0.4, 0.5) is 21.0 Å². The van der Waals surface area contributed by atoms with Crippen LogP contribution in [-0.4, -0.2) is 86.7 Å². The number of hydrogen-bond acceptors (Lipinski definition) is 10. The molecular weight excluding hydrogens is 739 g/mol. The average Bonchev–Trinajstić information content (AvgIpc) is 3.51. The van der Waals surface area contributed by atoms with Crippen molar-refractivity contribution in [3.8, 4) is 11.5 Å². The van der Waals surface area contributed by atoms with E-state index in [0.29, 0.717) is 24.3 Å². The molecule has 5 N–H and O–H groups in total. The fraction of sp³-hybridized carbons (Fsp3) is 0.475. The number of nitrogens with one attached hydrogen (secondary N) is 4. The smallest absolute Gasteiger partial charge is 0.411 e. The van der Waals surface area contributed by atoms with Crippen molar-refractivity contribution in [2.24, 2.45) is 5.92 Å². The van der Waals surface area contributed by atoms with Gasteiger partial charge >= 0.3 is 12.2 Å². The maximum Gasteiger partial charge on any atom is 0.411 e. The van der Waals surface area contributed by atoms with E-state index in [1.165, 1.54) is 32.2 Å². The molecule has 1 heterocycles. The van der Waals surface area contributed by atoms with Gasteiger partial charge in [0.1, 0.15) is 25.3 Å². The van der Waals surface area contributed by atoms with Crippen molar-refractivity contribution < 1.29 is 47.7 Å². The maximum atomic E-state index is 14.0. The molecule has 0 spiro atoms. The summed E-state index contributed by atoms with van der Waals surface area (Å²) in [5, 5.41) is 20.9. The lowest BCUT2D eigenvalue weighted by Gasteiger charge is -2.38. The second kappa shape index (κ2) is 19.5. The van der Waals surface area contributed by atoms with Crippen LogP contribution in [0.25, 0.3) is 0 Å². The van der Waals surface area contributed by atoms with Crippen LogP contribution in [-0.2, 0) is 30.1 Å². The first kappa shape index (κ1) is 45.0. The molecule has 0 aliphatic carbocycles. The Hall–Kier alpha value is -5.35. The maximum absolute atomic E-state index is 14.0. The number of amides is 5. The van der Waals surface area contributed by atoms with E-state index in [1.54, 1.807) is 49.2 Å². The lowest BCUT2D eigenvalue weighted by atomic mass is 10.0. The molecule has 1 aliphatic rings. The minimum absolute atomic E-state index is 0.00939. The van der Waals surface area contributed by atoms with Crippen LogP contribution in [0.3, 0.4) is 0 Å². The van der Waals surface area contributed by atoms with Crippen molar-refractivity contribution in [2.45, 2.75) is 97.8 Å². The Morgan fingerprint density at radius 3 is 2.23 bits per heavy atom. The van der Waals surface area contributed by atoms with Crippen LogP contribution in [0.2, 0.25) is 18.1 Å². The first-order valence-electron chi connectivity index (χ1n) is 18.4. The van der Waals surface area contributed by atoms with Gasteiger partial charge in [-0.1, -0.05) is 65.0 Å². The molecule has 2 aromatic carbocycles. The number of anilines is 2. The van der Waals surface area contributed by atoms with Gasteiger partial charge in [-0.15, -0.1) is 0 Å². The summed E-state index contributed by atoms with van der Waals surface area (Å²) in [5.74, 6) is -1.97. The molecule has 5 amide bonds. The van der Waals surface area contributed by atoms with Crippen LogP contribution in [0.15, 0.2) is 60.8 Å². The molecular formula is C40H57N5O10Si. The molecule has 0 aromatic heterocycles. The second-order valence-electron chi connectivity index (χ2n) is 15.6. The van der Waals surface area contributed by atoms with Crippen molar-refractivity contribution in [1.29, 1.82) is 0 Å². The second-order valence-corrected chi connectivity index (χ2v) is 20.4. The fourth-order valence-corrected chi connectivity index (χ4v) is 6.38. The standard InChI is InChI=1S/C40H57N5O10Si/c1-12-17-53-39(51)44-34(24(2)3)36(48)41-26(5)35(47)42-28-15-13-27(14-16-28)22-54-38(50)43-31-20-32(46)33(52-9)19-30(31)37(49)45-21-25(4)18-29(45)23-55-56(10,11)40(6,7)8/h12-16,19-21,24,26,29,34,46H,1,17-18,22-23H2,2-11H3,(H,41,48)(H,42,47)(H,43,50)(H,44,51)/t26-,29-,34-/m0/s1. The average molecular weight is 796 g/mol. The Labute approximate surface area is 330 Å². The number of alkyl carbamates (subject to hydrolysis) is 1. The Balaban J connectivity index is 1.63. The van der Waals surface area contributed by atoms with Crippen LogP contribution in [0.5, 0.6) is 11.5 Å². The Kier molecular flexibility index (Phi) is 15.7. The molecule has 0 fully saturated rings. The minimum atomic E-state index is -2.10. The third-order valence-corrected chi connectivity index (χ3v) is 14.2. The molecule has 3 atom stereocenters. The number of nitrogens with zero attached hydrogens (tertiary/aromatic N) is 1. The van der Waals surface area contributed by atoms with Gasteiger partial charge in [-0.3, -0.25) is 19.7 Å². The van der Waals surface area contributed by atoms with Gasteiger partial charge in [0.15, 0.2) is 19.8 Å². The van der Waals surface area contributed by atoms with E-state index < -0.39 is 50.3 Å². The zero-order chi connectivity index (χ0) is 42.0. The number of aromatic hydroxyl groups is 1. The zero-order valence-electron chi connectivity index (χ0n) is 34.0.